The van der Waals surface area contributed by atoms with E-state index in [-0.39, 0.29) is 0 Å². The fraction of sp³-hybridized carbons (Fsp3) is 0.357. The molecule has 1 aromatic carbocycles. The van der Waals surface area contributed by atoms with E-state index in [1.165, 1.54) is 11.1 Å². The van der Waals surface area contributed by atoms with Crippen LogP contribution in [-0.4, -0.2) is 14.9 Å². The Morgan fingerprint density at radius 2 is 2.06 bits per heavy atom. The van der Waals surface area contributed by atoms with Crippen LogP contribution < -0.4 is 0 Å². The van der Waals surface area contributed by atoms with Gasteiger partial charge in [0.1, 0.15) is 5.60 Å². The Bertz CT molecular complexity index is 574. The molecule has 0 amide bonds. The van der Waals surface area contributed by atoms with Gasteiger partial charge in [-0.05, 0) is 39.9 Å². The van der Waals surface area contributed by atoms with Gasteiger partial charge in [0.2, 0.25) is 0 Å². The maximum Gasteiger partial charge on any atom is 0.112 e. The van der Waals surface area contributed by atoms with Gasteiger partial charge >= 0.3 is 0 Å². The summed E-state index contributed by atoms with van der Waals surface area (Å²) in [6.45, 7) is 0. The number of rotatable bonds is 1. The lowest BCUT2D eigenvalue weighted by atomic mass is 9.78. The highest BCUT2D eigenvalue weighted by molar-refractivity contribution is 9.10. The van der Waals surface area contributed by atoms with Crippen molar-refractivity contribution in [3.05, 3.63) is 51.8 Å². The molecule has 4 heteroatoms. The van der Waals surface area contributed by atoms with Gasteiger partial charge in [-0.1, -0.05) is 24.3 Å². The van der Waals surface area contributed by atoms with Crippen molar-refractivity contribution in [3.63, 3.8) is 0 Å². The standard InChI is InChI=1S/C14H15BrN2O/c1-17-13(12(15)9-16-17)14(18)7-6-10-4-2-3-5-11(10)8-14/h2-5,9,18H,6-8H2,1H3. The van der Waals surface area contributed by atoms with Crippen molar-refractivity contribution in [1.82, 2.24) is 9.78 Å². The Labute approximate surface area is 115 Å². The topological polar surface area (TPSA) is 38.0 Å². The number of fused-ring (bicyclic) bond motifs is 1. The number of aryl methyl sites for hydroxylation is 2. The lowest BCUT2D eigenvalue weighted by Gasteiger charge is -2.34. The molecule has 1 aliphatic carbocycles. The van der Waals surface area contributed by atoms with Crippen LogP contribution in [0.1, 0.15) is 23.2 Å². The molecule has 1 N–H and O–H groups in total. The average molecular weight is 307 g/mol. The largest absolute Gasteiger partial charge is 0.383 e. The van der Waals surface area contributed by atoms with Crippen LogP contribution in [0.3, 0.4) is 0 Å². The highest BCUT2D eigenvalue weighted by Crippen LogP contribution is 2.39. The van der Waals surface area contributed by atoms with E-state index in [1.807, 2.05) is 13.1 Å². The summed E-state index contributed by atoms with van der Waals surface area (Å²) in [4.78, 5) is 0. The van der Waals surface area contributed by atoms with E-state index in [0.717, 1.165) is 23.0 Å². The molecule has 3 nitrogen and oxygen atoms in total. The quantitative estimate of drug-likeness (QED) is 0.879. The lowest BCUT2D eigenvalue weighted by molar-refractivity contribution is 0.0136. The van der Waals surface area contributed by atoms with E-state index >= 15 is 0 Å². The molecule has 0 saturated carbocycles. The normalized spacial score (nSPS) is 22.8. The minimum Gasteiger partial charge on any atom is -0.383 e. The molecule has 0 radical (unpaired) electrons. The van der Waals surface area contributed by atoms with Gasteiger partial charge in [-0.2, -0.15) is 5.10 Å². The third-order valence-corrected chi connectivity index (χ3v) is 4.32. The van der Waals surface area contributed by atoms with Crippen molar-refractivity contribution in [2.24, 2.45) is 7.05 Å². The first kappa shape index (κ1) is 11.9. The van der Waals surface area contributed by atoms with Crippen molar-refractivity contribution in [2.75, 3.05) is 0 Å². The van der Waals surface area contributed by atoms with Gasteiger partial charge in [0.15, 0.2) is 0 Å². The first-order valence-electron chi connectivity index (χ1n) is 6.07. The molecule has 0 aliphatic heterocycles. The second-order valence-corrected chi connectivity index (χ2v) is 5.80. The summed E-state index contributed by atoms with van der Waals surface area (Å²) in [6, 6.07) is 8.34. The molecule has 1 atom stereocenters. The second-order valence-electron chi connectivity index (χ2n) is 4.94. The fourth-order valence-electron chi connectivity index (χ4n) is 2.86. The molecule has 0 saturated heterocycles. The first-order valence-corrected chi connectivity index (χ1v) is 6.86. The van der Waals surface area contributed by atoms with Crippen LogP contribution >= 0.6 is 15.9 Å². The molecule has 1 unspecified atom stereocenters. The van der Waals surface area contributed by atoms with E-state index < -0.39 is 5.60 Å². The van der Waals surface area contributed by atoms with Crippen molar-refractivity contribution in [1.29, 1.82) is 0 Å². The van der Waals surface area contributed by atoms with Gasteiger partial charge in [0, 0.05) is 13.5 Å². The molecule has 2 aromatic rings. The summed E-state index contributed by atoms with van der Waals surface area (Å²) < 4.78 is 2.64. The Morgan fingerprint density at radius 1 is 1.33 bits per heavy atom. The fourth-order valence-corrected chi connectivity index (χ4v) is 3.57. The predicted molar refractivity (Wildman–Crippen MR) is 73.3 cm³/mol. The summed E-state index contributed by atoms with van der Waals surface area (Å²) in [6.07, 6.45) is 4.04. The summed E-state index contributed by atoms with van der Waals surface area (Å²) in [7, 11) is 1.87. The van der Waals surface area contributed by atoms with E-state index in [1.54, 1.807) is 10.9 Å². The predicted octanol–water partition coefficient (Wildman–Crippen LogP) is 2.56. The maximum absolute atomic E-state index is 10.9. The van der Waals surface area contributed by atoms with E-state index in [4.69, 9.17) is 0 Å². The van der Waals surface area contributed by atoms with Crippen LogP contribution in [0, 0.1) is 0 Å². The molecule has 18 heavy (non-hydrogen) atoms. The molecule has 3 rings (SSSR count). The van der Waals surface area contributed by atoms with Crippen LogP contribution in [0.2, 0.25) is 0 Å². The van der Waals surface area contributed by atoms with Gasteiger partial charge in [0.05, 0.1) is 16.4 Å². The van der Waals surface area contributed by atoms with Crippen molar-refractivity contribution in [2.45, 2.75) is 24.9 Å². The monoisotopic (exact) mass is 306 g/mol. The van der Waals surface area contributed by atoms with Gasteiger partial charge in [-0.15, -0.1) is 0 Å². The molecule has 0 fully saturated rings. The third kappa shape index (κ3) is 1.80. The highest BCUT2D eigenvalue weighted by atomic mass is 79.9. The van der Waals surface area contributed by atoms with Crippen LogP contribution in [0.4, 0.5) is 0 Å². The highest BCUT2D eigenvalue weighted by Gasteiger charge is 2.37. The molecule has 94 valence electrons. The number of aromatic nitrogens is 2. The Hall–Kier alpha value is -1.13. The Morgan fingerprint density at radius 3 is 2.72 bits per heavy atom. The SMILES string of the molecule is Cn1ncc(Br)c1C1(O)CCc2ccccc2C1. The number of benzene rings is 1. The van der Waals surface area contributed by atoms with Crippen molar-refractivity contribution in [3.8, 4) is 0 Å². The maximum atomic E-state index is 10.9. The zero-order valence-corrected chi connectivity index (χ0v) is 11.8. The molecular weight excluding hydrogens is 292 g/mol. The van der Waals surface area contributed by atoms with E-state index in [9.17, 15) is 5.11 Å². The number of halogens is 1. The van der Waals surface area contributed by atoms with Crippen LogP contribution in [0.25, 0.3) is 0 Å². The molecular formula is C14H15BrN2O. The zero-order chi connectivity index (χ0) is 12.8. The van der Waals surface area contributed by atoms with Crippen LogP contribution in [0.5, 0.6) is 0 Å². The Balaban J connectivity index is 2.04. The second kappa shape index (κ2) is 4.21. The summed E-state index contributed by atoms with van der Waals surface area (Å²) in [5.41, 5.74) is 2.63. The minimum absolute atomic E-state index is 0.654. The number of nitrogens with zero attached hydrogens (tertiary/aromatic N) is 2. The molecule has 0 spiro atoms. The summed E-state index contributed by atoms with van der Waals surface area (Å²) in [5.74, 6) is 0. The van der Waals surface area contributed by atoms with Gasteiger partial charge < -0.3 is 5.11 Å². The van der Waals surface area contributed by atoms with E-state index in [0.29, 0.717) is 6.42 Å². The summed E-state index contributed by atoms with van der Waals surface area (Å²) in [5, 5.41) is 15.2. The molecule has 0 bridgehead atoms. The smallest absolute Gasteiger partial charge is 0.112 e. The average Bonchev–Trinajstić information content (AvgIpc) is 2.69. The van der Waals surface area contributed by atoms with E-state index in [2.05, 4.69) is 39.2 Å². The molecule has 1 heterocycles. The van der Waals surface area contributed by atoms with Gasteiger partial charge in [-0.25, -0.2) is 0 Å². The molecule has 1 aliphatic rings. The Kier molecular flexibility index (Phi) is 2.79. The zero-order valence-electron chi connectivity index (χ0n) is 10.2. The number of hydrogen-bond acceptors (Lipinski definition) is 2. The first-order chi connectivity index (χ1) is 8.60. The van der Waals surface area contributed by atoms with Gasteiger partial charge in [-0.3, -0.25) is 4.68 Å². The molecule has 1 aromatic heterocycles. The number of aliphatic hydroxyl groups is 1. The lowest BCUT2D eigenvalue weighted by Crippen LogP contribution is -2.35. The summed E-state index contributed by atoms with van der Waals surface area (Å²) >= 11 is 3.48. The minimum atomic E-state index is -0.821. The third-order valence-electron chi connectivity index (χ3n) is 3.74. The van der Waals surface area contributed by atoms with Crippen LogP contribution in [-0.2, 0) is 25.5 Å². The van der Waals surface area contributed by atoms with Crippen molar-refractivity contribution < 1.29 is 5.11 Å². The van der Waals surface area contributed by atoms with Gasteiger partial charge in [0.25, 0.3) is 0 Å². The van der Waals surface area contributed by atoms with Crippen molar-refractivity contribution >= 4 is 15.9 Å². The number of hydrogen-bond donors (Lipinski definition) is 1. The van der Waals surface area contributed by atoms with Crippen LogP contribution in [0.15, 0.2) is 34.9 Å².